The first-order valence-electron chi connectivity index (χ1n) is 5.19. The molecule has 0 fully saturated rings. The smallest absolute Gasteiger partial charge is 0.0462 e. The summed E-state index contributed by atoms with van der Waals surface area (Å²) in [6, 6.07) is 8.38. The number of hydrogen-bond donors (Lipinski definition) is 1. The minimum atomic E-state index is 1.20. The third-order valence-corrected chi connectivity index (χ3v) is 2.51. The number of hydrogen-bond acceptors (Lipinski definition) is 0. The summed E-state index contributed by atoms with van der Waals surface area (Å²) >= 11 is 0. The monoisotopic (exact) mass is 197 g/mol. The highest BCUT2D eigenvalue weighted by Gasteiger charge is 2.03. The number of aryl methyl sites for hydroxylation is 1. The Morgan fingerprint density at radius 1 is 1.13 bits per heavy atom. The number of rotatable bonds is 2. The molecule has 1 N–H and O–H groups in total. The zero-order valence-electron chi connectivity index (χ0n) is 9.12. The molecule has 1 aromatic carbocycles. The van der Waals surface area contributed by atoms with E-state index in [9.17, 15) is 0 Å². The van der Waals surface area contributed by atoms with Gasteiger partial charge in [-0.15, -0.1) is 0 Å². The highest BCUT2D eigenvalue weighted by atomic mass is 14.7. The van der Waals surface area contributed by atoms with Crippen molar-refractivity contribution in [1.82, 2.24) is 4.98 Å². The molecule has 0 amide bonds. The molecule has 76 valence electrons. The third-order valence-electron chi connectivity index (χ3n) is 2.51. The van der Waals surface area contributed by atoms with Gasteiger partial charge in [-0.05, 0) is 19.9 Å². The molecule has 0 radical (unpaired) electrons. The summed E-state index contributed by atoms with van der Waals surface area (Å²) < 4.78 is 0. The van der Waals surface area contributed by atoms with Crippen molar-refractivity contribution in [3.05, 3.63) is 53.8 Å². The van der Waals surface area contributed by atoms with Gasteiger partial charge >= 0.3 is 0 Å². The highest BCUT2D eigenvalue weighted by Crippen LogP contribution is 2.22. The van der Waals surface area contributed by atoms with Gasteiger partial charge in [0.05, 0.1) is 0 Å². The minimum Gasteiger partial charge on any atom is -0.358 e. The molecule has 0 bridgehead atoms. The second-order valence-electron chi connectivity index (χ2n) is 3.59. The fourth-order valence-corrected chi connectivity index (χ4v) is 1.78. The van der Waals surface area contributed by atoms with E-state index in [0.29, 0.717) is 0 Å². The topological polar surface area (TPSA) is 15.8 Å². The van der Waals surface area contributed by atoms with Crippen LogP contribution in [0, 0.1) is 6.92 Å². The zero-order valence-corrected chi connectivity index (χ0v) is 9.12. The van der Waals surface area contributed by atoms with Crippen molar-refractivity contribution in [3.63, 3.8) is 0 Å². The van der Waals surface area contributed by atoms with Gasteiger partial charge in [0.1, 0.15) is 0 Å². The number of aromatic nitrogens is 1. The van der Waals surface area contributed by atoms with Crippen molar-refractivity contribution in [1.29, 1.82) is 0 Å². The van der Waals surface area contributed by atoms with E-state index in [1.807, 2.05) is 19.1 Å². The van der Waals surface area contributed by atoms with Crippen LogP contribution in [0.2, 0.25) is 0 Å². The molecule has 0 atom stereocenters. The molecule has 0 unspecified atom stereocenters. The zero-order chi connectivity index (χ0) is 10.7. The first-order valence-corrected chi connectivity index (χ1v) is 5.19. The molecule has 0 spiro atoms. The molecule has 0 saturated heterocycles. The molecular weight excluding hydrogens is 182 g/mol. The Labute approximate surface area is 90.1 Å². The quantitative estimate of drug-likeness (QED) is 0.699. The average molecular weight is 197 g/mol. The van der Waals surface area contributed by atoms with Crippen LogP contribution in [0.4, 0.5) is 0 Å². The lowest BCUT2D eigenvalue weighted by atomic mass is 10.1. The van der Waals surface area contributed by atoms with Crippen LogP contribution in [-0.4, -0.2) is 4.98 Å². The van der Waals surface area contributed by atoms with E-state index in [2.05, 4.69) is 48.3 Å². The predicted molar refractivity (Wildman–Crippen MR) is 66.9 cm³/mol. The normalized spacial score (nSPS) is 12.1. The second-order valence-corrected chi connectivity index (χ2v) is 3.59. The molecule has 1 aromatic heterocycles. The van der Waals surface area contributed by atoms with Crippen molar-refractivity contribution in [3.8, 4) is 0 Å². The van der Waals surface area contributed by atoms with Crippen LogP contribution in [0.1, 0.15) is 18.2 Å². The molecule has 0 aliphatic heterocycles. The van der Waals surface area contributed by atoms with Gasteiger partial charge in [0.2, 0.25) is 0 Å². The van der Waals surface area contributed by atoms with E-state index in [-0.39, 0.29) is 0 Å². The van der Waals surface area contributed by atoms with Crippen LogP contribution in [0.3, 0.4) is 0 Å². The Morgan fingerprint density at radius 3 is 2.73 bits per heavy atom. The lowest BCUT2D eigenvalue weighted by Crippen LogP contribution is -1.72. The molecule has 0 aliphatic rings. The van der Waals surface area contributed by atoms with E-state index in [1.165, 1.54) is 22.2 Å². The van der Waals surface area contributed by atoms with E-state index in [4.69, 9.17) is 0 Å². The Hall–Kier alpha value is -1.76. The largest absolute Gasteiger partial charge is 0.358 e. The summed E-state index contributed by atoms with van der Waals surface area (Å²) in [4.78, 5) is 3.38. The maximum atomic E-state index is 3.38. The summed E-state index contributed by atoms with van der Waals surface area (Å²) in [5.41, 5.74) is 3.70. The predicted octanol–water partition coefficient (Wildman–Crippen LogP) is 4.07. The van der Waals surface area contributed by atoms with Crippen molar-refractivity contribution in [2.24, 2.45) is 0 Å². The van der Waals surface area contributed by atoms with Gasteiger partial charge in [0, 0.05) is 22.2 Å². The van der Waals surface area contributed by atoms with Crippen LogP contribution in [0.25, 0.3) is 17.0 Å². The van der Waals surface area contributed by atoms with Crippen molar-refractivity contribution in [2.45, 2.75) is 13.8 Å². The Bertz CT molecular complexity index is 515. The number of H-pyrrole nitrogens is 1. The number of fused-ring (bicyclic) bond motifs is 1. The molecular formula is C14H15N. The van der Waals surface area contributed by atoms with E-state index in [1.54, 1.807) is 0 Å². The van der Waals surface area contributed by atoms with Crippen LogP contribution in [0.15, 0.2) is 42.5 Å². The van der Waals surface area contributed by atoms with Gasteiger partial charge in [-0.25, -0.2) is 0 Å². The molecule has 0 aliphatic carbocycles. The summed E-state index contributed by atoms with van der Waals surface area (Å²) in [5, 5.41) is 1.29. The maximum absolute atomic E-state index is 3.38. The van der Waals surface area contributed by atoms with Crippen molar-refractivity contribution in [2.75, 3.05) is 0 Å². The number of allylic oxidation sites excluding steroid dienone is 3. The van der Waals surface area contributed by atoms with Gasteiger partial charge in [0.15, 0.2) is 0 Å². The standard InChI is InChI=1S/C14H15N/c1-3-4-5-8-12-11(2)15-14-10-7-6-9-13(12)14/h3-10,15H,1-2H3/b4-3+,8-5-. The Kier molecular flexibility index (Phi) is 2.72. The van der Waals surface area contributed by atoms with E-state index < -0.39 is 0 Å². The Morgan fingerprint density at radius 2 is 1.93 bits per heavy atom. The van der Waals surface area contributed by atoms with Gasteiger partial charge in [0.25, 0.3) is 0 Å². The first kappa shape index (κ1) is 9.78. The van der Waals surface area contributed by atoms with Crippen LogP contribution < -0.4 is 0 Å². The second kappa shape index (κ2) is 4.18. The summed E-state index contributed by atoms with van der Waals surface area (Å²) in [7, 11) is 0. The highest BCUT2D eigenvalue weighted by molar-refractivity contribution is 5.90. The van der Waals surface area contributed by atoms with Gasteiger partial charge in [-0.2, -0.15) is 0 Å². The van der Waals surface area contributed by atoms with E-state index in [0.717, 1.165) is 0 Å². The van der Waals surface area contributed by atoms with Gasteiger partial charge in [-0.3, -0.25) is 0 Å². The van der Waals surface area contributed by atoms with E-state index >= 15 is 0 Å². The van der Waals surface area contributed by atoms with Gasteiger partial charge < -0.3 is 4.98 Å². The number of para-hydroxylation sites is 1. The summed E-state index contributed by atoms with van der Waals surface area (Å²) in [6.07, 6.45) is 8.29. The molecule has 15 heavy (non-hydrogen) atoms. The van der Waals surface area contributed by atoms with Gasteiger partial charge in [-0.1, -0.05) is 42.5 Å². The van der Waals surface area contributed by atoms with Crippen LogP contribution >= 0.6 is 0 Å². The molecule has 0 saturated carbocycles. The molecule has 2 aromatic rings. The minimum absolute atomic E-state index is 1.20. The van der Waals surface area contributed by atoms with Crippen molar-refractivity contribution < 1.29 is 0 Å². The molecule has 1 heteroatoms. The fourth-order valence-electron chi connectivity index (χ4n) is 1.78. The fraction of sp³-hybridized carbons (Fsp3) is 0.143. The number of aromatic amines is 1. The number of benzene rings is 1. The van der Waals surface area contributed by atoms with Crippen molar-refractivity contribution >= 4 is 17.0 Å². The van der Waals surface area contributed by atoms with Crippen LogP contribution in [0.5, 0.6) is 0 Å². The molecule has 1 heterocycles. The molecule has 2 rings (SSSR count). The third kappa shape index (κ3) is 1.86. The summed E-state index contributed by atoms with van der Waals surface area (Å²) in [5.74, 6) is 0. The first-order chi connectivity index (χ1) is 7.33. The lowest BCUT2D eigenvalue weighted by molar-refractivity contribution is 1.29. The summed E-state index contributed by atoms with van der Waals surface area (Å²) in [6.45, 7) is 4.13. The lowest BCUT2D eigenvalue weighted by Gasteiger charge is -1.91. The Balaban J connectivity index is 2.54. The maximum Gasteiger partial charge on any atom is 0.0462 e. The van der Waals surface area contributed by atoms with Crippen LogP contribution in [-0.2, 0) is 0 Å². The molecule has 1 nitrogen and oxygen atoms in total. The average Bonchev–Trinajstić information content (AvgIpc) is 2.56. The SMILES string of the molecule is C/C=C/C=C\c1c(C)[nH]c2ccccc12. The number of nitrogens with one attached hydrogen (secondary N) is 1.